The third kappa shape index (κ3) is 5.61. The van der Waals surface area contributed by atoms with Crippen molar-refractivity contribution in [2.75, 3.05) is 38.4 Å². The largest absolute Gasteiger partial charge is 0.493 e. The summed E-state index contributed by atoms with van der Waals surface area (Å²) in [6.07, 6.45) is 0.833. The van der Waals surface area contributed by atoms with Gasteiger partial charge in [-0.15, -0.1) is 0 Å². The smallest absolute Gasteiger partial charge is 0.255 e. The van der Waals surface area contributed by atoms with Gasteiger partial charge in [-0.05, 0) is 42.8 Å². The van der Waals surface area contributed by atoms with E-state index in [0.717, 1.165) is 17.4 Å². The zero-order valence-corrected chi connectivity index (χ0v) is 21.2. The molecule has 0 spiro atoms. The van der Waals surface area contributed by atoms with Gasteiger partial charge in [0, 0.05) is 47.4 Å². The summed E-state index contributed by atoms with van der Waals surface area (Å²) < 4.78 is 10.9. The first-order chi connectivity index (χ1) is 18.0. The van der Waals surface area contributed by atoms with E-state index in [0.29, 0.717) is 52.0 Å². The zero-order chi connectivity index (χ0) is 26.4. The van der Waals surface area contributed by atoms with Gasteiger partial charge in [-0.2, -0.15) is 0 Å². The van der Waals surface area contributed by atoms with Crippen LogP contribution in [0, 0.1) is 0 Å². The number of nitrogens with zero attached hydrogens (tertiary/aromatic N) is 2. The molecular formula is C28H29N5O4. The molecule has 4 rings (SSSR count). The third-order valence-corrected chi connectivity index (χ3v) is 5.74. The van der Waals surface area contributed by atoms with Crippen LogP contribution in [0.2, 0.25) is 0 Å². The Labute approximate surface area is 215 Å². The Morgan fingerprint density at radius 3 is 2.27 bits per heavy atom. The van der Waals surface area contributed by atoms with Crippen molar-refractivity contribution in [2.24, 2.45) is 0 Å². The number of carbonyl (C=O) groups is 2. The lowest BCUT2D eigenvalue weighted by atomic mass is 10.0. The molecule has 0 bridgehead atoms. The second kappa shape index (κ2) is 11.4. The lowest BCUT2D eigenvalue weighted by molar-refractivity contribution is 0.0953. The number of aromatic nitrogens is 2. The van der Waals surface area contributed by atoms with Crippen LogP contribution in [0.3, 0.4) is 0 Å². The average Bonchev–Trinajstić information content (AvgIpc) is 2.94. The Kier molecular flexibility index (Phi) is 7.83. The molecule has 0 aliphatic carbocycles. The van der Waals surface area contributed by atoms with Crippen LogP contribution in [-0.4, -0.2) is 49.6 Å². The van der Waals surface area contributed by atoms with E-state index < -0.39 is 0 Å². The molecule has 0 radical (unpaired) electrons. The Morgan fingerprint density at radius 2 is 1.57 bits per heavy atom. The number of benzene rings is 3. The van der Waals surface area contributed by atoms with Crippen LogP contribution in [0.1, 0.15) is 34.1 Å². The summed E-state index contributed by atoms with van der Waals surface area (Å²) in [4.78, 5) is 34.5. The summed E-state index contributed by atoms with van der Waals surface area (Å²) in [5, 5.41) is 9.51. The minimum atomic E-state index is -0.322. The fourth-order valence-electron chi connectivity index (χ4n) is 3.88. The number of anilines is 2. The minimum absolute atomic E-state index is 0.207. The first kappa shape index (κ1) is 25.4. The molecule has 1 aromatic heterocycles. The van der Waals surface area contributed by atoms with Crippen LogP contribution in [0.4, 0.5) is 11.6 Å². The summed E-state index contributed by atoms with van der Waals surface area (Å²) in [6, 6.07) is 17.7. The first-order valence-electron chi connectivity index (χ1n) is 11.9. The highest BCUT2D eigenvalue weighted by Gasteiger charge is 2.16. The molecule has 2 amide bonds. The van der Waals surface area contributed by atoms with Crippen LogP contribution >= 0.6 is 0 Å². The molecule has 0 saturated carbocycles. The van der Waals surface area contributed by atoms with Crippen molar-refractivity contribution in [3.8, 4) is 22.8 Å². The Bertz CT molecular complexity index is 1450. The molecule has 9 heteroatoms. The van der Waals surface area contributed by atoms with Crippen molar-refractivity contribution < 1.29 is 19.1 Å². The van der Waals surface area contributed by atoms with Crippen molar-refractivity contribution in [2.45, 2.75) is 13.3 Å². The average molecular weight is 500 g/mol. The number of carbonyl (C=O) groups excluding carboxylic acids is 2. The van der Waals surface area contributed by atoms with Gasteiger partial charge in [0.1, 0.15) is 0 Å². The topological polar surface area (TPSA) is 114 Å². The van der Waals surface area contributed by atoms with Crippen molar-refractivity contribution in [3.05, 3.63) is 71.8 Å². The lowest BCUT2D eigenvalue weighted by Crippen LogP contribution is -2.24. The second-order valence-corrected chi connectivity index (χ2v) is 8.24. The van der Waals surface area contributed by atoms with Crippen molar-refractivity contribution in [3.63, 3.8) is 0 Å². The zero-order valence-electron chi connectivity index (χ0n) is 21.2. The van der Waals surface area contributed by atoms with E-state index in [1.165, 1.54) is 0 Å². The number of hydrogen-bond acceptors (Lipinski definition) is 7. The normalized spacial score (nSPS) is 10.6. The summed E-state index contributed by atoms with van der Waals surface area (Å²) in [5.74, 6) is 1.04. The number of hydrogen-bond donors (Lipinski definition) is 3. The van der Waals surface area contributed by atoms with Crippen LogP contribution in [-0.2, 0) is 0 Å². The van der Waals surface area contributed by atoms with Gasteiger partial charge in [-0.1, -0.05) is 25.1 Å². The molecule has 0 atom stereocenters. The highest BCUT2D eigenvalue weighted by Crippen LogP contribution is 2.36. The molecule has 190 valence electrons. The highest BCUT2D eigenvalue weighted by molar-refractivity contribution is 6.06. The van der Waals surface area contributed by atoms with Gasteiger partial charge in [0.05, 0.1) is 25.4 Å². The van der Waals surface area contributed by atoms with Crippen LogP contribution < -0.4 is 25.4 Å². The Balaban J connectivity index is 1.67. The number of ether oxygens (including phenoxy) is 2. The molecule has 37 heavy (non-hydrogen) atoms. The molecule has 9 nitrogen and oxygen atoms in total. The second-order valence-electron chi connectivity index (χ2n) is 8.24. The van der Waals surface area contributed by atoms with Gasteiger partial charge < -0.3 is 25.4 Å². The highest BCUT2D eigenvalue weighted by atomic mass is 16.5. The van der Waals surface area contributed by atoms with E-state index in [4.69, 9.17) is 9.47 Å². The summed E-state index contributed by atoms with van der Waals surface area (Å²) in [5.41, 5.74) is 3.53. The van der Waals surface area contributed by atoms with Gasteiger partial charge in [-0.3, -0.25) is 9.59 Å². The van der Waals surface area contributed by atoms with E-state index in [1.54, 1.807) is 57.7 Å². The third-order valence-electron chi connectivity index (χ3n) is 5.74. The number of amides is 2. The van der Waals surface area contributed by atoms with Crippen molar-refractivity contribution in [1.82, 2.24) is 15.3 Å². The van der Waals surface area contributed by atoms with Crippen molar-refractivity contribution >= 4 is 34.4 Å². The van der Waals surface area contributed by atoms with E-state index in [1.807, 2.05) is 31.2 Å². The number of methoxy groups -OCH3 is 2. The maximum absolute atomic E-state index is 13.0. The van der Waals surface area contributed by atoms with Crippen molar-refractivity contribution in [1.29, 1.82) is 0 Å². The molecule has 0 unspecified atom stereocenters. The van der Waals surface area contributed by atoms with Gasteiger partial charge in [0.2, 0.25) is 5.95 Å². The summed E-state index contributed by atoms with van der Waals surface area (Å²) in [6.45, 7) is 2.56. The fraction of sp³-hybridized carbons (Fsp3) is 0.214. The quantitative estimate of drug-likeness (QED) is 0.305. The number of nitrogens with one attached hydrogen (secondary N) is 3. The monoisotopic (exact) mass is 499 g/mol. The lowest BCUT2D eigenvalue weighted by Gasteiger charge is -2.13. The maximum Gasteiger partial charge on any atom is 0.255 e. The predicted molar refractivity (Wildman–Crippen MR) is 145 cm³/mol. The molecule has 0 aliphatic rings. The molecule has 4 aromatic rings. The van der Waals surface area contributed by atoms with Gasteiger partial charge in [0.25, 0.3) is 11.8 Å². The number of rotatable bonds is 9. The maximum atomic E-state index is 13.0. The molecule has 0 saturated heterocycles. The predicted octanol–water partition coefficient (Wildman–Crippen LogP) is 4.75. The summed E-state index contributed by atoms with van der Waals surface area (Å²) >= 11 is 0. The molecular weight excluding hydrogens is 470 g/mol. The molecule has 3 N–H and O–H groups in total. The molecule has 0 aliphatic heterocycles. The fourth-order valence-corrected chi connectivity index (χ4v) is 3.88. The van der Waals surface area contributed by atoms with E-state index in [2.05, 4.69) is 25.9 Å². The first-order valence-corrected chi connectivity index (χ1v) is 11.9. The van der Waals surface area contributed by atoms with Crippen LogP contribution in [0.15, 0.2) is 60.7 Å². The SMILES string of the molecule is CCCNC(=O)c1cccc(C(=O)Nc2cccc(-c3nc(NC)nc4cc(OC)c(OC)cc34)c2)c1. The standard InChI is InChI=1S/C28H29N5O4/c1-5-12-30-26(34)18-9-6-10-19(13-18)27(35)31-20-11-7-8-17(14-20)25-21-15-23(36-3)24(37-4)16-22(21)32-28(29-2)33-25/h6-11,13-16H,5,12H2,1-4H3,(H,30,34)(H,31,35)(H,29,32,33). The number of fused-ring (bicyclic) bond motifs is 1. The Hall–Kier alpha value is -4.66. The minimum Gasteiger partial charge on any atom is -0.493 e. The van der Waals surface area contributed by atoms with Gasteiger partial charge in [0.15, 0.2) is 11.5 Å². The van der Waals surface area contributed by atoms with E-state index >= 15 is 0 Å². The molecule has 1 heterocycles. The van der Waals surface area contributed by atoms with Crippen LogP contribution in [0.5, 0.6) is 11.5 Å². The van der Waals surface area contributed by atoms with E-state index in [9.17, 15) is 9.59 Å². The van der Waals surface area contributed by atoms with Gasteiger partial charge in [-0.25, -0.2) is 9.97 Å². The van der Waals surface area contributed by atoms with Crippen LogP contribution in [0.25, 0.3) is 22.2 Å². The molecule has 3 aromatic carbocycles. The molecule has 0 fully saturated rings. The summed E-state index contributed by atoms with van der Waals surface area (Å²) in [7, 11) is 4.90. The van der Waals surface area contributed by atoms with E-state index in [-0.39, 0.29) is 11.8 Å². The Morgan fingerprint density at radius 1 is 0.865 bits per heavy atom. The van der Waals surface area contributed by atoms with Gasteiger partial charge >= 0.3 is 0 Å².